The van der Waals surface area contributed by atoms with Crippen molar-refractivity contribution in [1.82, 2.24) is 0 Å². The van der Waals surface area contributed by atoms with Crippen molar-refractivity contribution in [3.8, 4) is 6.07 Å². The van der Waals surface area contributed by atoms with Gasteiger partial charge in [-0.1, -0.05) is 0 Å². The Bertz CT molecular complexity index is 444. The Hall–Kier alpha value is -1.73. The molecule has 4 nitrogen and oxygen atoms in total. The van der Waals surface area contributed by atoms with Gasteiger partial charge in [-0.3, -0.25) is 0 Å². The summed E-state index contributed by atoms with van der Waals surface area (Å²) in [6.07, 6.45) is 2.09. The van der Waals surface area contributed by atoms with Gasteiger partial charge in [0.2, 0.25) is 0 Å². The summed E-state index contributed by atoms with van der Waals surface area (Å²) in [6.45, 7) is 3.61. The zero-order chi connectivity index (χ0) is 12.3. The lowest BCUT2D eigenvalue weighted by Gasteiger charge is -2.35. The minimum atomic E-state index is -0.0973. The Kier molecular flexibility index (Phi) is 3.21. The molecule has 4 heteroatoms. The van der Waals surface area contributed by atoms with Crippen molar-refractivity contribution in [3.05, 3.63) is 23.8 Å². The molecule has 1 aromatic carbocycles. The van der Waals surface area contributed by atoms with Gasteiger partial charge in [0.25, 0.3) is 0 Å². The Morgan fingerprint density at radius 3 is 3.00 bits per heavy atom. The topological polar surface area (TPSA) is 71.1 Å². The number of nitrogens with zero attached hydrogens (tertiary/aromatic N) is 1. The first-order chi connectivity index (χ1) is 8.13. The van der Waals surface area contributed by atoms with E-state index in [1.54, 1.807) is 12.1 Å². The van der Waals surface area contributed by atoms with E-state index in [9.17, 15) is 0 Å². The molecule has 0 bridgehead atoms. The number of nitrogens with one attached hydrogen (secondary N) is 1. The highest BCUT2D eigenvalue weighted by molar-refractivity contribution is 5.63. The van der Waals surface area contributed by atoms with E-state index in [2.05, 4.69) is 18.3 Å². The molecule has 2 rings (SSSR count). The van der Waals surface area contributed by atoms with Crippen LogP contribution in [0.2, 0.25) is 0 Å². The summed E-state index contributed by atoms with van der Waals surface area (Å²) in [7, 11) is 0. The first kappa shape index (κ1) is 11.7. The quantitative estimate of drug-likeness (QED) is 0.765. The smallest absolute Gasteiger partial charge is 0.101 e. The number of ether oxygens (including phenoxy) is 1. The van der Waals surface area contributed by atoms with Gasteiger partial charge in [0, 0.05) is 12.3 Å². The van der Waals surface area contributed by atoms with E-state index in [1.807, 2.05) is 6.07 Å². The number of rotatable bonds is 2. The van der Waals surface area contributed by atoms with Crippen LogP contribution in [-0.2, 0) is 4.74 Å². The van der Waals surface area contributed by atoms with Crippen LogP contribution in [0, 0.1) is 11.3 Å². The molecular weight excluding hydrogens is 214 g/mol. The third-order valence-corrected chi connectivity index (χ3v) is 3.04. The molecule has 1 aliphatic heterocycles. The molecule has 0 amide bonds. The molecule has 1 aliphatic rings. The minimum absolute atomic E-state index is 0.0973. The molecule has 0 aliphatic carbocycles. The standard InChI is InChI=1S/C13H17N3O/c1-13(5-2-6-17-9-13)16-12-4-3-11(15)7-10(12)8-14/h3-4,7,16H,2,5-6,9,15H2,1H3. The molecule has 1 fully saturated rings. The molecule has 1 aromatic rings. The van der Waals surface area contributed by atoms with E-state index < -0.39 is 0 Å². The van der Waals surface area contributed by atoms with Crippen LogP contribution in [0.15, 0.2) is 18.2 Å². The van der Waals surface area contributed by atoms with Gasteiger partial charge in [0.1, 0.15) is 6.07 Å². The lowest BCUT2D eigenvalue weighted by atomic mass is 9.94. The number of hydrogen-bond donors (Lipinski definition) is 2. The summed E-state index contributed by atoms with van der Waals surface area (Å²) in [6, 6.07) is 7.51. The van der Waals surface area contributed by atoms with Crippen LogP contribution in [0.25, 0.3) is 0 Å². The van der Waals surface area contributed by atoms with Crippen molar-refractivity contribution in [3.63, 3.8) is 0 Å². The van der Waals surface area contributed by atoms with E-state index in [1.165, 1.54) is 0 Å². The maximum atomic E-state index is 9.08. The third kappa shape index (κ3) is 2.69. The van der Waals surface area contributed by atoms with Gasteiger partial charge < -0.3 is 15.8 Å². The van der Waals surface area contributed by atoms with Crippen molar-refractivity contribution in [2.45, 2.75) is 25.3 Å². The lowest BCUT2D eigenvalue weighted by Crippen LogP contribution is -2.43. The highest BCUT2D eigenvalue weighted by Crippen LogP contribution is 2.27. The summed E-state index contributed by atoms with van der Waals surface area (Å²) in [4.78, 5) is 0. The zero-order valence-corrected chi connectivity index (χ0v) is 9.99. The third-order valence-electron chi connectivity index (χ3n) is 3.04. The highest BCUT2D eigenvalue weighted by atomic mass is 16.5. The highest BCUT2D eigenvalue weighted by Gasteiger charge is 2.27. The first-order valence-electron chi connectivity index (χ1n) is 5.78. The fraction of sp³-hybridized carbons (Fsp3) is 0.462. The van der Waals surface area contributed by atoms with Crippen LogP contribution in [0.4, 0.5) is 11.4 Å². The second kappa shape index (κ2) is 4.64. The molecule has 17 heavy (non-hydrogen) atoms. The van der Waals surface area contributed by atoms with Crippen LogP contribution in [0.5, 0.6) is 0 Å². The van der Waals surface area contributed by atoms with Crippen LogP contribution in [0.1, 0.15) is 25.3 Å². The summed E-state index contributed by atoms with van der Waals surface area (Å²) in [5.41, 5.74) is 7.59. The maximum absolute atomic E-state index is 9.08. The zero-order valence-electron chi connectivity index (χ0n) is 9.99. The van der Waals surface area contributed by atoms with Gasteiger partial charge in [0.05, 0.1) is 23.4 Å². The predicted octanol–water partition coefficient (Wildman–Crippen LogP) is 2.12. The molecule has 3 N–H and O–H groups in total. The molecule has 1 heterocycles. The Morgan fingerprint density at radius 1 is 1.53 bits per heavy atom. The summed E-state index contributed by atoms with van der Waals surface area (Å²) < 4.78 is 5.48. The number of nitriles is 1. The minimum Gasteiger partial charge on any atom is -0.399 e. The van der Waals surface area contributed by atoms with Crippen molar-refractivity contribution < 1.29 is 4.74 Å². The molecule has 1 saturated heterocycles. The van der Waals surface area contributed by atoms with Crippen molar-refractivity contribution >= 4 is 11.4 Å². The molecule has 1 unspecified atom stereocenters. The summed E-state index contributed by atoms with van der Waals surface area (Å²) >= 11 is 0. The Morgan fingerprint density at radius 2 is 2.35 bits per heavy atom. The maximum Gasteiger partial charge on any atom is 0.101 e. The normalized spacial score (nSPS) is 24.0. The lowest BCUT2D eigenvalue weighted by molar-refractivity contribution is 0.0540. The van der Waals surface area contributed by atoms with E-state index in [4.69, 9.17) is 15.7 Å². The van der Waals surface area contributed by atoms with Crippen molar-refractivity contribution in [2.75, 3.05) is 24.3 Å². The van der Waals surface area contributed by atoms with Crippen molar-refractivity contribution in [1.29, 1.82) is 5.26 Å². The van der Waals surface area contributed by atoms with Crippen LogP contribution >= 0.6 is 0 Å². The van der Waals surface area contributed by atoms with Gasteiger partial charge in [-0.2, -0.15) is 5.26 Å². The van der Waals surface area contributed by atoms with Gasteiger partial charge >= 0.3 is 0 Å². The molecule has 90 valence electrons. The molecule has 0 spiro atoms. The first-order valence-corrected chi connectivity index (χ1v) is 5.78. The monoisotopic (exact) mass is 231 g/mol. The second-order valence-corrected chi connectivity index (χ2v) is 4.76. The number of nitrogen functional groups attached to an aromatic ring is 1. The molecule has 0 aromatic heterocycles. The molecular formula is C13H17N3O. The number of benzene rings is 1. The van der Waals surface area contributed by atoms with Gasteiger partial charge in [-0.25, -0.2) is 0 Å². The fourth-order valence-electron chi connectivity index (χ4n) is 2.12. The van der Waals surface area contributed by atoms with Gasteiger partial charge in [-0.15, -0.1) is 0 Å². The van der Waals surface area contributed by atoms with E-state index >= 15 is 0 Å². The van der Waals surface area contributed by atoms with E-state index in [0.29, 0.717) is 17.9 Å². The van der Waals surface area contributed by atoms with E-state index in [0.717, 1.165) is 25.1 Å². The average molecular weight is 231 g/mol. The van der Waals surface area contributed by atoms with Crippen molar-refractivity contribution in [2.24, 2.45) is 0 Å². The number of hydrogen-bond acceptors (Lipinski definition) is 4. The fourth-order valence-corrected chi connectivity index (χ4v) is 2.12. The average Bonchev–Trinajstić information content (AvgIpc) is 2.32. The Labute approximate surface area is 101 Å². The van der Waals surface area contributed by atoms with Gasteiger partial charge in [-0.05, 0) is 38.0 Å². The molecule has 0 saturated carbocycles. The summed E-state index contributed by atoms with van der Waals surface area (Å²) in [5.74, 6) is 0. The number of anilines is 2. The van der Waals surface area contributed by atoms with Gasteiger partial charge in [0.15, 0.2) is 0 Å². The van der Waals surface area contributed by atoms with Crippen LogP contribution in [0.3, 0.4) is 0 Å². The largest absolute Gasteiger partial charge is 0.399 e. The predicted molar refractivity (Wildman–Crippen MR) is 67.7 cm³/mol. The number of nitrogens with two attached hydrogens (primary N) is 1. The molecule has 1 atom stereocenters. The SMILES string of the molecule is CC1(Nc2ccc(N)cc2C#N)CCCOC1. The molecule has 0 radical (unpaired) electrons. The Balaban J connectivity index is 2.20. The van der Waals surface area contributed by atoms with Crippen LogP contribution in [-0.4, -0.2) is 18.8 Å². The van der Waals surface area contributed by atoms with Crippen LogP contribution < -0.4 is 11.1 Å². The second-order valence-electron chi connectivity index (χ2n) is 4.76. The summed E-state index contributed by atoms with van der Waals surface area (Å²) in [5, 5.41) is 12.5. The van der Waals surface area contributed by atoms with E-state index in [-0.39, 0.29) is 5.54 Å².